The highest BCUT2D eigenvalue weighted by molar-refractivity contribution is 6.00. The Morgan fingerprint density at radius 3 is 2.66 bits per heavy atom. The summed E-state index contributed by atoms with van der Waals surface area (Å²) in [6.45, 7) is 9.50. The highest BCUT2D eigenvalue weighted by Crippen LogP contribution is 2.37. The molecule has 186 valence electrons. The smallest absolute Gasteiger partial charge is 0.244 e. The van der Waals surface area contributed by atoms with Crippen LogP contribution in [0.4, 0.5) is 0 Å². The standard InChI is InChI=1S/C28H34N2O5/c1-4-34-26-18-27-24(25(19-35-27)21-6-8-22(32-3)9-7-21)17-23(26)20(2)16-28(31)29-10-5-11-30-12-14-33-15-13-30/h6-9,16-19H,4-5,10-15H2,1-3H3,(H,29,31)/b20-16+. The number of nitrogens with one attached hydrogen (secondary N) is 1. The van der Waals surface area contributed by atoms with Crippen LogP contribution in [0.5, 0.6) is 11.5 Å². The van der Waals surface area contributed by atoms with E-state index in [2.05, 4.69) is 10.2 Å². The van der Waals surface area contributed by atoms with Gasteiger partial charge in [-0.2, -0.15) is 0 Å². The number of benzene rings is 2. The highest BCUT2D eigenvalue weighted by atomic mass is 16.5. The number of rotatable bonds is 10. The number of fused-ring (bicyclic) bond motifs is 1. The summed E-state index contributed by atoms with van der Waals surface area (Å²) in [7, 11) is 1.65. The second kappa shape index (κ2) is 11.9. The zero-order chi connectivity index (χ0) is 24.6. The first kappa shape index (κ1) is 24.8. The van der Waals surface area contributed by atoms with E-state index in [1.54, 1.807) is 19.4 Å². The Morgan fingerprint density at radius 1 is 1.17 bits per heavy atom. The van der Waals surface area contributed by atoms with Crippen molar-refractivity contribution in [2.45, 2.75) is 20.3 Å². The topological polar surface area (TPSA) is 73.2 Å². The van der Waals surface area contributed by atoms with Crippen LogP contribution >= 0.6 is 0 Å². The minimum absolute atomic E-state index is 0.102. The first-order valence-electron chi connectivity index (χ1n) is 12.2. The third-order valence-corrected chi connectivity index (χ3v) is 6.20. The van der Waals surface area contributed by atoms with E-state index in [4.69, 9.17) is 18.6 Å². The molecule has 0 radical (unpaired) electrons. The van der Waals surface area contributed by atoms with Crippen LogP contribution in [0, 0.1) is 0 Å². The number of carbonyl (C=O) groups is 1. The van der Waals surface area contributed by atoms with Gasteiger partial charge in [-0.1, -0.05) is 12.1 Å². The number of carbonyl (C=O) groups excluding carboxylic acids is 1. The van der Waals surface area contributed by atoms with Gasteiger partial charge in [0.1, 0.15) is 17.1 Å². The molecular formula is C28H34N2O5. The Kier molecular flexibility index (Phi) is 8.45. The quantitative estimate of drug-likeness (QED) is 0.335. The predicted molar refractivity (Wildman–Crippen MR) is 138 cm³/mol. The average Bonchev–Trinajstić information content (AvgIpc) is 3.30. The molecule has 1 N–H and O–H groups in total. The van der Waals surface area contributed by atoms with E-state index in [1.807, 2.05) is 50.2 Å². The van der Waals surface area contributed by atoms with Gasteiger partial charge in [-0.05, 0) is 56.1 Å². The normalized spacial score (nSPS) is 14.8. The zero-order valence-corrected chi connectivity index (χ0v) is 20.8. The van der Waals surface area contributed by atoms with Crippen LogP contribution in [0.2, 0.25) is 0 Å². The van der Waals surface area contributed by atoms with Crippen LogP contribution in [0.3, 0.4) is 0 Å². The number of morpholine rings is 1. The number of methoxy groups -OCH3 is 1. The molecule has 3 aromatic rings. The van der Waals surface area contributed by atoms with Crippen LogP contribution in [0.1, 0.15) is 25.8 Å². The molecule has 1 aromatic heterocycles. The van der Waals surface area contributed by atoms with E-state index in [-0.39, 0.29) is 5.91 Å². The van der Waals surface area contributed by atoms with Gasteiger partial charge in [-0.3, -0.25) is 9.69 Å². The van der Waals surface area contributed by atoms with Gasteiger partial charge in [-0.15, -0.1) is 0 Å². The maximum absolute atomic E-state index is 12.6. The van der Waals surface area contributed by atoms with Gasteiger partial charge in [0, 0.05) is 48.3 Å². The van der Waals surface area contributed by atoms with Gasteiger partial charge in [0.05, 0.1) is 33.2 Å². The molecule has 2 aromatic carbocycles. The van der Waals surface area contributed by atoms with Crippen molar-refractivity contribution in [3.05, 3.63) is 54.3 Å². The van der Waals surface area contributed by atoms with Gasteiger partial charge in [0.2, 0.25) is 5.91 Å². The summed E-state index contributed by atoms with van der Waals surface area (Å²) in [6, 6.07) is 11.8. The summed E-state index contributed by atoms with van der Waals surface area (Å²) >= 11 is 0. The fourth-order valence-corrected chi connectivity index (χ4v) is 4.30. The summed E-state index contributed by atoms with van der Waals surface area (Å²) in [5.41, 5.74) is 4.46. The van der Waals surface area contributed by atoms with Gasteiger partial charge in [0.25, 0.3) is 0 Å². The Labute approximate surface area is 206 Å². The molecule has 1 aliphatic rings. The molecule has 7 nitrogen and oxygen atoms in total. The molecule has 35 heavy (non-hydrogen) atoms. The molecule has 1 amide bonds. The van der Waals surface area contributed by atoms with Crippen LogP contribution in [0.15, 0.2) is 53.2 Å². The van der Waals surface area contributed by atoms with Gasteiger partial charge in [0.15, 0.2) is 0 Å². The van der Waals surface area contributed by atoms with Crippen LogP contribution in [-0.4, -0.2) is 63.9 Å². The molecule has 1 aliphatic heterocycles. The van der Waals surface area contributed by atoms with E-state index in [1.165, 1.54) is 0 Å². The lowest BCUT2D eigenvalue weighted by atomic mass is 9.99. The number of nitrogens with zero attached hydrogens (tertiary/aromatic N) is 1. The maximum atomic E-state index is 12.6. The van der Waals surface area contributed by atoms with Crippen molar-refractivity contribution in [1.82, 2.24) is 10.2 Å². The summed E-state index contributed by atoms with van der Waals surface area (Å²) in [4.78, 5) is 15.0. The first-order chi connectivity index (χ1) is 17.1. The average molecular weight is 479 g/mol. The molecule has 0 aliphatic carbocycles. The van der Waals surface area contributed by atoms with Gasteiger partial charge < -0.3 is 23.9 Å². The van der Waals surface area contributed by atoms with E-state index < -0.39 is 0 Å². The van der Waals surface area contributed by atoms with Crippen molar-refractivity contribution in [3.63, 3.8) is 0 Å². The molecule has 1 saturated heterocycles. The summed E-state index contributed by atoms with van der Waals surface area (Å²) < 4.78 is 22.4. The van der Waals surface area contributed by atoms with Gasteiger partial charge in [-0.25, -0.2) is 0 Å². The molecule has 0 spiro atoms. The number of furan rings is 1. The van der Waals surface area contributed by atoms with Crippen LogP contribution in [0.25, 0.3) is 27.7 Å². The Hall–Kier alpha value is -3.29. The minimum atomic E-state index is -0.102. The van der Waals surface area contributed by atoms with E-state index in [9.17, 15) is 4.79 Å². The van der Waals surface area contributed by atoms with Crippen molar-refractivity contribution < 1.29 is 23.4 Å². The Balaban J connectivity index is 1.50. The largest absolute Gasteiger partial charge is 0.497 e. The SMILES string of the molecule is CCOc1cc2occ(-c3ccc(OC)cc3)c2cc1/C(C)=C/C(=O)NCCCN1CCOCC1. The molecule has 7 heteroatoms. The monoisotopic (exact) mass is 478 g/mol. The lowest BCUT2D eigenvalue weighted by molar-refractivity contribution is -0.116. The lowest BCUT2D eigenvalue weighted by Crippen LogP contribution is -2.38. The third-order valence-electron chi connectivity index (χ3n) is 6.20. The first-order valence-corrected chi connectivity index (χ1v) is 12.2. The second-order valence-corrected chi connectivity index (χ2v) is 8.58. The molecule has 4 rings (SSSR count). The number of hydrogen-bond donors (Lipinski definition) is 1. The molecule has 0 atom stereocenters. The highest BCUT2D eigenvalue weighted by Gasteiger charge is 2.16. The molecule has 1 fully saturated rings. The maximum Gasteiger partial charge on any atom is 0.244 e. The van der Waals surface area contributed by atoms with Crippen LogP contribution in [-0.2, 0) is 9.53 Å². The van der Waals surface area contributed by atoms with Gasteiger partial charge >= 0.3 is 0 Å². The van der Waals surface area contributed by atoms with E-state index >= 15 is 0 Å². The van der Waals surface area contributed by atoms with Crippen molar-refractivity contribution in [2.75, 3.05) is 53.1 Å². The van der Waals surface area contributed by atoms with Crippen molar-refractivity contribution in [2.24, 2.45) is 0 Å². The predicted octanol–water partition coefficient (Wildman–Crippen LogP) is 4.75. The van der Waals surface area contributed by atoms with E-state index in [0.717, 1.165) is 78.3 Å². The molecule has 0 unspecified atom stereocenters. The summed E-state index contributed by atoms with van der Waals surface area (Å²) in [5, 5.41) is 3.98. The Bertz CT molecular complexity index is 1160. The zero-order valence-electron chi connectivity index (χ0n) is 20.8. The van der Waals surface area contributed by atoms with E-state index in [0.29, 0.717) is 18.9 Å². The van der Waals surface area contributed by atoms with Crippen LogP contribution < -0.4 is 14.8 Å². The fraction of sp³-hybridized carbons (Fsp3) is 0.393. The molecule has 2 heterocycles. The third kappa shape index (κ3) is 6.24. The minimum Gasteiger partial charge on any atom is -0.497 e. The number of hydrogen-bond acceptors (Lipinski definition) is 6. The van der Waals surface area contributed by atoms with Crippen molar-refractivity contribution in [1.29, 1.82) is 0 Å². The van der Waals surface area contributed by atoms with Crippen molar-refractivity contribution in [3.8, 4) is 22.6 Å². The number of amides is 1. The summed E-state index contributed by atoms with van der Waals surface area (Å²) in [6.07, 6.45) is 4.31. The molecule has 0 bridgehead atoms. The summed E-state index contributed by atoms with van der Waals surface area (Å²) in [5.74, 6) is 1.40. The molecule has 0 saturated carbocycles. The Morgan fingerprint density at radius 2 is 1.94 bits per heavy atom. The lowest BCUT2D eigenvalue weighted by Gasteiger charge is -2.26. The fourth-order valence-electron chi connectivity index (χ4n) is 4.30. The number of allylic oxidation sites excluding steroid dienone is 1. The van der Waals surface area contributed by atoms with Crippen molar-refractivity contribution >= 4 is 22.4 Å². The number of ether oxygens (including phenoxy) is 3. The second-order valence-electron chi connectivity index (χ2n) is 8.58. The molecular weight excluding hydrogens is 444 g/mol.